The number of carbonyl (C=O) groups is 1. The van der Waals surface area contributed by atoms with Crippen molar-refractivity contribution >= 4 is 5.78 Å². The van der Waals surface area contributed by atoms with E-state index in [1.165, 1.54) is 11.9 Å². The second-order valence-electron chi connectivity index (χ2n) is 6.32. The third kappa shape index (κ3) is 3.48. The first-order valence-electron chi connectivity index (χ1n) is 7.68. The number of Topliss-reactive ketones (excluding diaryl/α,β-unsaturated/α-hetero) is 1. The molecule has 1 aliphatic rings. The van der Waals surface area contributed by atoms with Gasteiger partial charge in [-0.05, 0) is 19.4 Å². The van der Waals surface area contributed by atoms with Crippen LogP contribution in [0.2, 0.25) is 0 Å². The lowest BCUT2D eigenvalue weighted by Crippen LogP contribution is -2.45. The Balaban J connectivity index is 1.88. The van der Waals surface area contributed by atoms with Gasteiger partial charge >= 0.3 is 0 Å². The molecule has 1 aromatic heterocycles. The summed E-state index contributed by atoms with van der Waals surface area (Å²) in [5.41, 5.74) is 1.60. The molecule has 23 heavy (non-hydrogen) atoms. The molecular weight excluding hydrogens is 294 g/mol. The van der Waals surface area contributed by atoms with Gasteiger partial charge in [-0.3, -0.25) is 4.79 Å². The average Bonchev–Trinajstić information content (AvgIpc) is 3.07. The number of benzene rings is 1. The molecule has 6 nitrogen and oxygen atoms in total. The van der Waals surface area contributed by atoms with Crippen LogP contribution in [0.5, 0.6) is 0 Å². The van der Waals surface area contributed by atoms with E-state index in [2.05, 4.69) is 16.1 Å². The normalized spacial score (nSPS) is 18.5. The highest BCUT2D eigenvalue weighted by atomic mass is 16.7. The van der Waals surface area contributed by atoms with Gasteiger partial charge in [0.2, 0.25) is 0 Å². The minimum absolute atomic E-state index is 0.0595. The number of nitrogens with zero attached hydrogens (tertiary/aromatic N) is 3. The molecule has 3 rings (SSSR count). The fraction of sp³-hybridized carbons (Fsp3) is 0.471. The third-order valence-electron chi connectivity index (χ3n) is 4.17. The van der Waals surface area contributed by atoms with Gasteiger partial charge in [-0.2, -0.15) is 5.10 Å². The molecule has 1 saturated heterocycles. The van der Waals surface area contributed by atoms with E-state index in [1.54, 1.807) is 11.0 Å². The molecule has 0 radical (unpaired) electrons. The molecule has 1 atom stereocenters. The number of rotatable bonds is 5. The molecule has 0 amide bonds. The van der Waals surface area contributed by atoms with Crippen molar-refractivity contribution in [3.8, 4) is 0 Å². The summed E-state index contributed by atoms with van der Waals surface area (Å²) in [7, 11) is 0. The number of ketones is 1. The van der Waals surface area contributed by atoms with Crippen molar-refractivity contribution in [1.82, 2.24) is 14.8 Å². The van der Waals surface area contributed by atoms with Crippen molar-refractivity contribution in [3.63, 3.8) is 0 Å². The molecule has 1 aliphatic heterocycles. The molecular formula is C17H21N3O3. The van der Waals surface area contributed by atoms with E-state index in [0.717, 1.165) is 5.56 Å². The Morgan fingerprint density at radius 3 is 2.83 bits per heavy atom. The monoisotopic (exact) mass is 315 g/mol. The van der Waals surface area contributed by atoms with Crippen LogP contribution in [0, 0.1) is 12.3 Å². The quantitative estimate of drug-likeness (QED) is 0.844. The summed E-state index contributed by atoms with van der Waals surface area (Å²) in [6, 6.07) is 7.74. The maximum absolute atomic E-state index is 13.2. The summed E-state index contributed by atoms with van der Waals surface area (Å²) in [6.07, 6.45) is 3.61. The van der Waals surface area contributed by atoms with Gasteiger partial charge in [-0.15, -0.1) is 0 Å². The molecule has 1 aromatic carbocycles. The Bertz CT molecular complexity index is 663. The highest BCUT2D eigenvalue weighted by Crippen LogP contribution is 2.30. The standard InChI is InChI=1S/C17H21N3O3/c1-13-4-3-5-14(6-13)7-15(20-11-18-10-19-20)16(21)17(2)8-22-12-23-9-17/h3-6,10-11,15H,7-9,12H2,1-2H3. The SMILES string of the molecule is Cc1cccc(CC(C(=O)C2(C)COCOC2)n2cncn2)c1. The average molecular weight is 315 g/mol. The van der Waals surface area contributed by atoms with E-state index in [-0.39, 0.29) is 12.6 Å². The van der Waals surface area contributed by atoms with Crippen LogP contribution in [0.15, 0.2) is 36.9 Å². The molecule has 1 fully saturated rings. The Labute approximate surface area is 135 Å². The summed E-state index contributed by atoms with van der Waals surface area (Å²) < 4.78 is 12.3. The van der Waals surface area contributed by atoms with E-state index >= 15 is 0 Å². The second-order valence-corrected chi connectivity index (χ2v) is 6.32. The smallest absolute Gasteiger partial charge is 0.168 e. The van der Waals surface area contributed by atoms with Crippen LogP contribution in [0.25, 0.3) is 0 Å². The van der Waals surface area contributed by atoms with Gasteiger partial charge in [0, 0.05) is 6.42 Å². The van der Waals surface area contributed by atoms with E-state index in [1.807, 2.05) is 32.0 Å². The number of aryl methyl sites for hydroxylation is 1. The number of ether oxygens (including phenoxy) is 2. The molecule has 0 aliphatic carbocycles. The third-order valence-corrected chi connectivity index (χ3v) is 4.17. The van der Waals surface area contributed by atoms with Crippen LogP contribution in [0.1, 0.15) is 24.1 Å². The second kappa shape index (κ2) is 6.60. The van der Waals surface area contributed by atoms with Crippen LogP contribution in [-0.4, -0.2) is 40.6 Å². The first-order valence-corrected chi connectivity index (χ1v) is 7.68. The van der Waals surface area contributed by atoms with E-state index < -0.39 is 11.5 Å². The number of hydrogen-bond donors (Lipinski definition) is 0. The van der Waals surface area contributed by atoms with Crippen molar-refractivity contribution < 1.29 is 14.3 Å². The fourth-order valence-corrected chi connectivity index (χ4v) is 2.93. The van der Waals surface area contributed by atoms with Crippen LogP contribution >= 0.6 is 0 Å². The summed E-state index contributed by atoms with van der Waals surface area (Å²) in [6.45, 7) is 4.90. The van der Waals surface area contributed by atoms with Crippen molar-refractivity contribution in [1.29, 1.82) is 0 Å². The molecule has 0 saturated carbocycles. The minimum Gasteiger partial charge on any atom is -0.354 e. The Kier molecular flexibility index (Phi) is 4.54. The largest absolute Gasteiger partial charge is 0.354 e. The molecule has 0 N–H and O–H groups in total. The zero-order chi connectivity index (χ0) is 16.3. The summed E-state index contributed by atoms with van der Waals surface area (Å²) in [5, 5.41) is 4.19. The van der Waals surface area contributed by atoms with Gasteiger partial charge in [0.1, 0.15) is 25.5 Å². The number of aromatic nitrogens is 3. The van der Waals surface area contributed by atoms with Crippen molar-refractivity contribution in [2.24, 2.45) is 5.41 Å². The fourth-order valence-electron chi connectivity index (χ4n) is 2.93. The Morgan fingerprint density at radius 1 is 1.39 bits per heavy atom. The van der Waals surface area contributed by atoms with Crippen LogP contribution in [0.4, 0.5) is 0 Å². The van der Waals surface area contributed by atoms with Crippen molar-refractivity contribution in [2.45, 2.75) is 26.3 Å². The molecule has 0 spiro atoms. The molecule has 2 aromatic rings. The number of carbonyl (C=O) groups excluding carboxylic acids is 1. The maximum Gasteiger partial charge on any atom is 0.168 e. The minimum atomic E-state index is -0.668. The molecule has 122 valence electrons. The van der Waals surface area contributed by atoms with Gasteiger partial charge in [0.15, 0.2) is 5.78 Å². The van der Waals surface area contributed by atoms with Gasteiger partial charge in [0.25, 0.3) is 0 Å². The summed E-state index contributed by atoms with van der Waals surface area (Å²) in [5.74, 6) is 0.0595. The van der Waals surface area contributed by atoms with E-state index in [4.69, 9.17) is 9.47 Å². The number of hydrogen-bond acceptors (Lipinski definition) is 5. The first-order chi connectivity index (χ1) is 11.1. The van der Waals surface area contributed by atoms with Gasteiger partial charge < -0.3 is 9.47 Å². The highest BCUT2D eigenvalue weighted by Gasteiger charge is 2.41. The van der Waals surface area contributed by atoms with Crippen LogP contribution in [0.3, 0.4) is 0 Å². The lowest BCUT2D eigenvalue weighted by Gasteiger charge is -2.34. The highest BCUT2D eigenvalue weighted by molar-refractivity contribution is 5.88. The predicted octanol–water partition coefficient (Wildman–Crippen LogP) is 1.95. The zero-order valence-electron chi connectivity index (χ0n) is 13.4. The lowest BCUT2D eigenvalue weighted by atomic mass is 9.81. The predicted molar refractivity (Wildman–Crippen MR) is 83.8 cm³/mol. The Morgan fingerprint density at radius 2 is 2.17 bits per heavy atom. The Hall–Kier alpha value is -2.05. The molecule has 6 heteroatoms. The van der Waals surface area contributed by atoms with E-state index in [9.17, 15) is 4.79 Å². The summed E-state index contributed by atoms with van der Waals surface area (Å²) >= 11 is 0. The van der Waals surface area contributed by atoms with Crippen molar-refractivity contribution in [3.05, 3.63) is 48.0 Å². The van der Waals surface area contributed by atoms with E-state index in [0.29, 0.717) is 19.6 Å². The van der Waals surface area contributed by atoms with Gasteiger partial charge in [-0.1, -0.05) is 29.8 Å². The van der Waals surface area contributed by atoms with Gasteiger partial charge in [-0.25, -0.2) is 9.67 Å². The molecule has 2 heterocycles. The van der Waals surface area contributed by atoms with Crippen LogP contribution in [-0.2, 0) is 20.7 Å². The molecule has 1 unspecified atom stereocenters. The lowest BCUT2D eigenvalue weighted by molar-refractivity contribution is -0.174. The topological polar surface area (TPSA) is 66.2 Å². The zero-order valence-corrected chi connectivity index (χ0v) is 13.4. The maximum atomic E-state index is 13.2. The van der Waals surface area contributed by atoms with Gasteiger partial charge in [0.05, 0.1) is 18.6 Å². The summed E-state index contributed by atoms with van der Waals surface area (Å²) in [4.78, 5) is 17.1. The first kappa shape index (κ1) is 15.8. The molecule has 0 bridgehead atoms. The van der Waals surface area contributed by atoms with Crippen LogP contribution < -0.4 is 0 Å². The van der Waals surface area contributed by atoms with Crippen molar-refractivity contribution in [2.75, 3.05) is 20.0 Å².